The van der Waals surface area contributed by atoms with Crippen molar-refractivity contribution in [2.45, 2.75) is 32.4 Å². The predicted octanol–water partition coefficient (Wildman–Crippen LogP) is 5.16. The van der Waals surface area contributed by atoms with Gasteiger partial charge in [0, 0.05) is 11.1 Å². The van der Waals surface area contributed by atoms with E-state index in [1.165, 1.54) is 0 Å². The molecule has 0 saturated heterocycles. The molecule has 0 amide bonds. The molecule has 0 saturated carbocycles. The van der Waals surface area contributed by atoms with Gasteiger partial charge in [0.25, 0.3) is 0 Å². The maximum atomic E-state index is 12.2. The lowest BCUT2D eigenvalue weighted by atomic mass is 9.78. The fourth-order valence-electron chi connectivity index (χ4n) is 3.79. The highest BCUT2D eigenvalue weighted by Crippen LogP contribution is 2.39. The van der Waals surface area contributed by atoms with E-state index in [2.05, 4.69) is 20.8 Å². The maximum absolute atomic E-state index is 12.2. The summed E-state index contributed by atoms with van der Waals surface area (Å²) in [4.78, 5) is 4.87. The summed E-state index contributed by atoms with van der Waals surface area (Å²) in [6.45, 7) is 7.07. The summed E-state index contributed by atoms with van der Waals surface area (Å²) < 4.78 is 6.02. The van der Waals surface area contributed by atoms with Crippen molar-refractivity contribution in [3.8, 4) is 0 Å². The minimum atomic E-state index is -1.31. The fraction of sp³-hybridized carbons (Fsp3) is 0.269. The first-order valence-electron chi connectivity index (χ1n) is 10.0. The van der Waals surface area contributed by atoms with Gasteiger partial charge in [0.1, 0.15) is 12.2 Å². The summed E-state index contributed by atoms with van der Waals surface area (Å²) in [5.41, 5.74) is 1.92. The second-order valence-electron chi connectivity index (χ2n) is 8.62. The minimum absolute atomic E-state index is 0.0197. The smallest absolute Gasteiger partial charge is 0.216 e. The summed E-state index contributed by atoms with van der Waals surface area (Å²) in [7, 11) is 0. The predicted molar refractivity (Wildman–Crippen MR) is 117 cm³/mol. The van der Waals surface area contributed by atoms with Crippen LogP contribution in [0.2, 0.25) is 0 Å². The molecule has 0 aliphatic carbocycles. The number of aliphatic hydroxyl groups is 1. The first-order chi connectivity index (χ1) is 13.9. The van der Waals surface area contributed by atoms with Crippen molar-refractivity contribution < 1.29 is 9.84 Å². The Bertz CT molecular complexity index is 964. The van der Waals surface area contributed by atoms with Crippen molar-refractivity contribution in [3.05, 3.63) is 107 Å². The second kappa shape index (κ2) is 7.49. The molecular weight excluding hydrogens is 358 g/mol. The van der Waals surface area contributed by atoms with Gasteiger partial charge in [-0.05, 0) is 22.6 Å². The Morgan fingerprint density at radius 1 is 0.793 bits per heavy atom. The summed E-state index contributed by atoms with van der Waals surface area (Å²) in [6.07, 6.45) is 0. The zero-order chi connectivity index (χ0) is 20.5. The molecular formula is C26H27NO2. The summed E-state index contributed by atoms with van der Waals surface area (Å²) >= 11 is 0. The van der Waals surface area contributed by atoms with E-state index in [0.717, 1.165) is 22.3 Å². The van der Waals surface area contributed by atoms with Crippen molar-refractivity contribution in [3.63, 3.8) is 0 Å². The zero-order valence-corrected chi connectivity index (χ0v) is 17.2. The van der Waals surface area contributed by atoms with Crippen LogP contribution in [0.5, 0.6) is 0 Å². The van der Waals surface area contributed by atoms with Gasteiger partial charge in [-0.15, -0.1) is 0 Å². The Morgan fingerprint density at radius 2 is 1.31 bits per heavy atom. The molecule has 3 nitrogen and oxygen atoms in total. The lowest BCUT2D eigenvalue weighted by Gasteiger charge is -2.31. The molecule has 0 aromatic heterocycles. The lowest BCUT2D eigenvalue weighted by Crippen LogP contribution is -2.31. The third-order valence-corrected chi connectivity index (χ3v) is 5.58. The Morgan fingerprint density at radius 3 is 1.83 bits per heavy atom. The van der Waals surface area contributed by atoms with Crippen LogP contribution in [0.25, 0.3) is 0 Å². The Labute approximate surface area is 172 Å². The minimum Gasteiger partial charge on any atom is -0.475 e. The van der Waals surface area contributed by atoms with E-state index >= 15 is 0 Å². The molecule has 3 aromatic carbocycles. The van der Waals surface area contributed by atoms with Crippen molar-refractivity contribution in [1.82, 2.24) is 0 Å². The highest BCUT2D eigenvalue weighted by Gasteiger charge is 2.38. The van der Waals surface area contributed by atoms with Crippen LogP contribution in [-0.2, 0) is 10.3 Å². The number of nitrogens with zero attached hydrogens (tertiary/aromatic N) is 1. The van der Waals surface area contributed by atoms with Crippen LogP contribution in [0.4, 0.5) is 0 Å². The van der Waals surface area contributed by atoms with Gasteiger partial charge in [-0.1, -0.05) is 99.6 Å². The molecule has 29 heavy (non-hydrogen) atoms. The highest BCUT2D eigenvalue weighted by molar-refractivity contribution is 5.97. The monoisotopic (exact) mass is 385 g/mol. The molecule has 0 bridgehead atoms. The first kappa shape index (κ1) is 19.4. The number of ether oxygens (including phenoxy) is 1. The van der Waals surface area contributed by atoms with Crippen LogP contribution in [0.1, 0.15) is 43.0 Å². The molecule has 0 fully saturated rings. The van der Waals surface area contributed by atoms with E-state index in [1.54, 1.807) is 0 Å². The molecule has 3 heteroatoms. The number of benzene rings is 3. The molecule has 148 valence electrons. The van der Waals surface area contributed by atoms with Crippen molar-refractivity contribution in [1.29, 1.82) is 0 Å². The Hall–Kier alpha value is -2.91. The van der Waals surface area contributed by atoms with Crippen molar-refractivity contribution in [2.24, 2.45) is 10.4 Å². The van der Waals surface area contributed by atoms with Gasteiger partial charge < -0.3 is 9.84 Å². The maximum Gasteiger partial charge on any atom is 0.216 e. The van der Waals surface area contributed by atoms with Gasteiger partial charge in [-0.25, -0.2) is 4.99 Å². The fourth-order valence-corrected chi connectivity index (χ4v) is 3.79. The molecule has 0 spiro atoms. The molecule has 4 rings (SSSR count). The standard InChI is InChI=1S/C26H27NO2/c1-25(2,3)23-18-29-24(27-23)21-16-10-11-17-22(21)26(28,19-12-6-4-7-13-19)20-14-8-5-9-15-20/h4-17,23,28H,18H2,1-3H3/t23-/m1/s1. The van der Waals surface area contributed by atoms with Gasteiger partial charge in [0.15, 0.2) is 0 Å². The van der Waals surface area contributed by atoms with E-state index in [9.17, 15) is 5.11 Å². The van der Waals surface area contributed by atoms with E-state index in [0.29, 0.717) is 12.5 Å². The van der Waals surface area contributed by atoms with Gasteiger partial charge >= 0.3 is 0 Å². The van der Waals surface area contributed by atoms with Crippen LogP contribution >= 0.6 is 0 Å². The number of hydrogen-bond donors (Lipinski definition) is 1. The lowest BCUT2D eigenvalue weighted by molar-refractivity contribution is 0.125. The quantitative estimate of drug-likeness (QED) is 0.630. The molecule has 1 heterocycles. The topological polar surface area (TPSA) is 41.8 Å². The number of hydrogen-bond acceptors (Lipinski definition) is 3. The van der Waals surface area contributed by atoms with Crippen LogP contribution in [0, 0.1) is 5.41 Å². The molecule has 0 radical (unpaired) electrons. The van der Waals surface area contributed by atoms with Crippen LogP contribution in [0.3, 0.4) is 0 Å². The van der Waals surface area contributed by atoms with Crippen LogP contribution < -0.4 is 0 Å². The molecule has 1 aliphatic rings. The molecule has 1 atom stereocenters. The zero-order valence-electron chi connectivity index (χ0n) is 17.2. The van der Waals surface area contributed by atoms with Crippen LogP contribution in [-0.4, -0.2) is 23.7 Å². The van der Waals surface area contributed by atoms with Crippen LogP contribution in [0.15, 0.2) is 89.9 Å². The van der Waals surface area contributed by atoms with Gasteiger partial charge in [0.2, 0.25) is 5.90 Å². The molecule has 3 aromatic rings. The SMILES string of the molecule is CC(C)(C)[C@H]1COC(c2ccccc2C(O)(c2ccccc2)c2ccccc2)=N1. The Balaban J connectivity index is 1.91. The van der Waals surface area contributed by atoms with Crippen molar-refractivity contribution >= 4 is 5.90 Å². The summed E-state index contributed by atoms with van der Waals surface area (Å²) in [5, 5.41) is 12.2. The highest BCUT2D eigenvalue weighted by atomic mass is 16.5. The normalized spacial score (nSPS) is 17.0. The summed E-state index contributed by atoms with van der Waals surface area (Å²) in [5.74, 6) is 0.603. The third kappa shape index (κ3) is 3.58. The largest absolute Gasteiger partial charge is 0.475 e. The first-order valence-corrected chi connectivity index (χ1v) is 10.0. The molecule has 1 aliphatic heterocycles. The number of aliphatic imine (C=N–C) groups is 1. The second-order valence-corrected chi connectivity index (χ2v) is 8.62. The molecule has 1 N–H and O–H groups in total. The van der Waals surface area contributed by atoms with Gasteiger partial charge in [-0.3, -0.25) is 0 Å². The van der Waals surface area contributed by atoms with E-state index < -0.39 is 5.60 Å². The van der Waals surface area contributed by atoms with E-state index in [4.69, 9.17) is 9.73 Å². The number of rotatable bonds is 4. The average molecular weight is 386 g/mol. The molecule has 0 unspecified atom stereocenters. The Kier molecular flexibility index (Phi) is 5.01. The average Bonchev–Trinajstić information content (AvgIpc) is 3.25. The van der Waals surface area contributed by atoms with E-state index in [-0.39, 0.29) is 11.5 Å². The van der Waals surface area contributed by atoms with Gasteiger partial charge in [-0.2, -0.15) is 0 Å². The summed E-state index contributed by atoms with van der Waals surface area (Å²) in [6, 6.07) is 27.5. The van der Waals surface area contributed by atoms with Crippen molar-refractivity contribution in [2.75, 3.05) is 6.61 Å². The van der Waals surface area contributed by atoms with E-state index in [1.807, 2.05) is 84.9 Å². The third-order valence-electron chi connectivity index (χ3n) is 5.58. The van der Waals surface area contributed by atoms with Gasteiger partial charge in [0.05, 0.1) is 6.04 Å².